The van der Waals surface area contributed by atoms with Crippen molar-refractivity contribution >= 4 is 37.9 Å². The van der Waals surface area contributed by atoms with E-state index in [0.717, 1.165) is 31.2 Å². The first-order chi connectivity index (χ1) is 7.99. The average molecular weight is 362 g/mol. The highest BCUT2D eigenvalue weighted by molar-refractivity contribution is 9.13. The topological polar surface area (TPSA) is 29.5 Å². The molecule has 17 heavy (non-hydrogen) atoms. The van der Waals surface area contributed by atoms with E-state index in [1.165, 1.54) is 0 Å². The van der Waals surface area contributed by atoms with Crippen LogP contribution in [0.2, 0.25) is 0 Å². The fraction of sp³-hybridized carbons (Fsp3) is 0.385. The van der Waals surface area contributed by atoms with E-state index < -0.39 is 6.10 Å². The quantitative estimate of drug-likeness (QED) is 0.821. The van der Waals surface area contributed by atoms with Crippen LogP contribution in [-0.2, 0) is 4.74 Å². The number of aliphatic hydroxyl groups is 1. The van der Waals surface area contributed by atoms with Gasteiger partial charge in [0, 0.05) is 16.1 Å². The molecule has 1 N–H and O–H groups in total. The summed E-state index contributed by atoms with van der Waals surface area (Å²) >= 11 is 7.12. The van der Waals surface area contributed by atoms with Crippen molar-refractivity contribution in [2.24, 2.45) is 0 Å². The van der Waals surface area contributed by atoms with Gasteiger partial charge in [0.15, 0.2) is 0 Å². The summed E-state index contributed by atoms with van der Waals surface area (Å²) in [5.41, 5.74) is 4.21. The highest BCUT2D eigenvalue weighted by atomic mass is 79.9. The fourth-order valence-corrected chi connectivity index (χ4v) is 3.26. The second-order valence-corrected chi connectivity index (χ2v) is 5.80. The Morgan fingerprint density at radius 3 is 2.35 bits per heavy atom. The van der Waals surface area contributed by atoms with Crippen molar-refractivity contribution in [3.8, 4) is 0 Å². The van der Waals surface area contributed by atoms with Gasteiger partial charge in [0.1, 0.15) is 12.2 Å². The van der Waals surface area contributed by atoms with Crippen molar-refractivity contribution in [3.05, 3.63) is 37.3 Å². The zero-order valence-corrected chi connectivity index (χ0v) is 13.1. The smallest absolute Gasteiger partial charge is 0.110 e. The number of aliphatic hydroxyl groups excluding tert-OH is 1. The number of rotatable bonds is 1. The van der Waals surface area contributed by atoms with E-state index in [1.54, 1.807) is 7.11 Å². The molecule has 0 amide bonds. The Kier molecular flexibility index (Phi) is 3.78. The van der Waals surface area contributed by atoms with Crippen molar-refractivity contribution in [2.75, 3.05) is 7.11 Å². The highest BCUT2D eigenvalue weighted by Gasteiger charge is 2.28. The molecule has 0 aromatic heterocycles. The number of hydrogen-bond acceptors (Lipinski definition) is 2. The van der Waals surface area contributed by atoms with Crippen LogP contribution >= 0.6 is 31.9 Å². The van der Waals surface area contributed by atoms with Gasteiger partial charge in [-0.15, -0.1) is 0 Å². The van der Waals surface area contributed by atoms with E-state index in [9.17, 15) is 5.11 Å². The lowest BCUT2D eigenvalue weighted by Crippen LogP contribution is -2.23. The van der Waals surface area contributed by atoms with Gasteiger partial charge in [-0.2, -0.15) is 0 Å². The molecule has 0 saturated carbocycles. The summed E-state index contributed by atoms with van der Waals surface area (Å²) in [6, 6.07) is 0. The molecule has 0 unspecified atom stereocenters. The van der Waals surface area contributed by atoms with E-state index in [-0.39, 0.29) is 6.10 Å². The van der Waals surface area contributed by atoms with E-state index in [4.69, 9.17) is 4.74 Å². The highest BCUT2D eigenvalue weighted by Crippen LogP contribution is 2.41. The van der Waals surface area contributed by atoms with Crippen LogP contribution in [0.15, 0.2) is 15.0 Å². The summed E-state index contributed by atoms with van der Waals surface area (Å²) in [6.07, 6.45) is 3.05. The van der Waals surface area contributed by atoms with Gasteiger partial charge in [-0.1, -0.05) is 12.2 Å². The predicted molar refractivity (Wildman–Crippen MR) is 76.1 cm³/mol. The summed E-state index contributed by atoms with van der Waals surface area (Å²) in [5.74, 6) is 0. The number of hydrogen-bond donors (Lipinski definition) is 1. The van der Waals surface area contributed by atoms with Crippen molar-refractivity contribution in [1.29, 1.82) is 0 Å². The van der Waals surface area contributed by atoms with Crippen LogP contribution in [-0.4, -0.2) is 18.3 Å². The second kappa shape index (κ2) is 4.84. The third-order valence-electron chi connectivity index (χ3n) is 3.28. The summed E-state index contributed by atoms with van der Waals surface area (Å²) in [5, 5.41) is 10.3. The lowest BCUT2D eigenvalue weighted by molar-refractivity contribution is 0.0146. The number of methoxy groups -OCH3 is 1. The molecule has 2 rings (SSSR count). The average Bonchev–Trinajstić information content (AvgIpc) is 2.33. The molecular weight excluding hydrogens is 348 g/mol. The largest absolute Gasteiger partial charge is 0.385 e. The molecule has 0 heterocycles. The molecular formula is C13H14Br2O2. The number of fused-ring (bicyclic) bond motifs is 1. The van der Waals surface area contributed by atoms with Crippen molar-refractivity contribution in [2.45, 2.75) is 26.1 Å². The Morgan fingerprint density at radius 2 is 1.76 bits per heavy atom. The van der Waals surface area contributed by atoms with Crippen LogP contribution in [0, 0.1) is 13.8 Å². The lowest BCUT2D eigenvalue weighted by Gasteiger charge is -2.28. The Hall–Kier alpha value is -0.160. The van der Waals surface area contributed by atoms with Crippen LogP contribution in [0.4, 0.5) is 0 Å². The van der Waals surface area contributed by atoms with Gasteiger partial charge in [-0.05, 0) is 68.0 Å². The molecule has 0 radical (unpaired) electrons. The van der Waals surface area contributed by atoms with Crippen LogP contribution in [0.25, 0.3) is 6.08 Å². The third kappa shape index (κ3) is 2.01. The van der Waals surface area contributed by atoms with Gasteiger partial charge >= 0.3 is 0 Å². The zero-order chi connectivity index (χ0) is 12.7. The first-order valence-corrected chi connectivity index (χ1v) is 6.94. The van der Waals surface area contributed by atoms with E-state index >= 15 is 0 Å². The molecule has 1 aromatic carbocycles. The normalized spacial score (nSPS) is 22.7. The summed E-state index contributed by atoms with van der Waals surface area (Å²) in [4.78, 5) is 0. The Balaban J connectivity index is 2.72. The summed E-state index contributed by atoms with van der Waals surface area (Å²) < 4.78 is 7.30. The third-order valence-corrected chi connectivity index (χ3v) is 5.80. The molecule has 2 atom stereocenters. The lowest BCUT2D eigenvalue weighted by atomic mass is 9.87. The molecule has 92 valence electrons. The molecule has 4 heteroatoms. The van der Waals surface area contributed by atoms with Gasteiger partial charge in [0.2, 0.25) is 0 Å². The van der Waals surface area contributed by atoms with Crippen LogP contribution in [0.1, 0.15) is 28.4 Å². The van der Waals surface area contributed by atoms with Crippen LogP contribution in [0.5, 0.6) is 0 Å². The first kappa shape index (κ1) is 13.3. The minimum absolute atomic E-state index is 0.270. The SMILES string of the molecule is CO[C@@H]1C=Cc2c(C)c(Br)c(Br)c(C)c2[C@H]1O. The standard InChI is InChI=1S/C13H14Br2O2/c1-6-8-4-5-9(17-3)13(16)10(8)7(2)12(15)11(6)14/h4-5,9,13,16H,1-3H3/t9-,13+/m1/s1. The molecule has 0 bridgehead atoms. The van der Waals surface area contributed by atoms with E-state index in [2.05, 4.69) is 31.9 Å². The van der Waals surface area contributed by atoms with Crippen molar-refractivity contribution in [1.82, 2.24) is 0 Å². The molecule has 1 aromatic rings. The van der Waals surface area contributed by atoms with Crippen molar-refractivity contribution in [3.63, 3.8) is 0 Å². The zero-order valence-electron chi connectivity index (χ0n) is 9.92. The number of halogens is 2. The fourth-order valence-electron chi connectivity index (χ4n) is 2.23. The van der Waals surface area contributed by atoms with Gasteiger partial charge < -0.3 is 9.84 Å². The monoisotopic (exact) mass is 360 g/mol. The maximum atomic E-state index is 10.3. The summed E-state index contributed by atoms with van der Waals surface area (Å²) in [7, 11) is 1.61. The predicted octanol–water partition coefficient (Wildman–Crippen LogP) is 3.90. The molecule has 0 saturated heterocycles. The molecule has 2 nitrogen and oxygen atoms in total. The summed E-state index contributed by atoms with van der Waals surface area (Å²) in [6.45, 7) is 4.04. The molecule has 0 fully saturated rings. The van der Waals surface area contributed by atoms with Crippen molar-refractivity contribution < 1.29 is 9.84 Å². The van der Waals surface area contributed by atoms with E-state index in [0.29, 0.717) is 0 Å². The van der Waals surface area contributed by atoms with Gasteiger partial charge in [0.05, 0.1) is 0 Å². The minimum Gasteiger partial charge on any atom is -0.385 e. The first-order valence-electron chi connectivity index (χ1n) is 5.36. The molecule has 1 aliphatic rings. The molecule has 0 aliphatic heterocycles. The number of benzene rings is 1. The maximum absolute atomic E-state index is 10.3. The Morgan fingerprint density at radius 1 is 1.18 bits per heavy atom. The maximum Gasteiger partial charge on any atom is 0.110 e. The molecule has 1 aliphatic carbocycles. The second-order valence-electron chi connectivity index (χ2n) is 4.21. The number of ether oxygens (including phenoxy) is 1. The van der Waals surface area contributed by atoms with Gasteiger partial charge in [-0.3, -0.25) is 0 Å². The van der Waals surface area contributed by atoms with Gasteiger partial charge in [0.25, 0.3) is 0 Å². The van der Waals surface area contributed by atoms with Gasteiger partial charge in [-0.25, -0.2) is 0 Å². The Labute approximate surface area is 118 Å². The van der Waals surface area contributed by atoms with E-state index in [1.807, 2.05) is 26.0 Å². The van der Waals surface area contributed by atoms with Crippen LogP contribution < -0.4 is 0 Å². The van der Waals surface area contributed by atoms with Crippen LogP contribution in [0.3, 0.4) is 0 Å². The minimum atomic E-state index is -0.608. The Bertz CT molecular complexity index is 495. The molecule has 0 spiro atoms.